The van der Waals surface area contributed by atoms with Gasteiger partial charge in [0.15, 0.2) is 0 Å². The summed E-state index contributed by atoms with van der Waals surface area (Å²) in [7, 11) is 0. The van der Waals surface area contributed by atoms with Crippen molar-refractivity contribution in [3.63, 3.8) is 0 Å². The second-order valence-electron chi connectivity index (χ2n) is 14.2. The number of hydrogen-bond donors (Lipinski definition) is 1. The maximum absolute atomic E-state index is 13.0. The lowest BCUT2D eigenvalue weighted by Crippen LogP contribution is -2.47. The predicted molar refractivity (Wildman–Crippen MR) is 190 cm³/mol. The van der Waals surface area contributed by atoms with E-state index in [-0.39, 0.29) is 17.8 Å². The van der Waals surface area contributed by atoms with Crippen LogP contribution < -0.4 is 9.64 Å². The van der Waals surface area contributed by atoms with Crippen LogP contribution in [0.4, 0.5) is 5.69 Å². The molecule has 2 fully saturated rings. The van der Waals surface area contributed by atoms with Crippen molar-refractivity contribution in [1.29, 1.82) is 0 Å². The number of hydrogen-bond acceptors (Lipinski definition) is 5. The zero-order chi connectivity index (χ0) is 33.4. The monoisotopic (exact) mass is 685 g/mol. The highest BCUT2D eigenvalue weighted by Gasteiger charge is 2.58. The molecule has 1 unspecified atom stereocenters. The summed E-state index contributed by atoms with van der Waals surface area (Å²) < 4.78 is 11.9. The molecule has 258 valence electrons. The molecule has 5 rings (SSSR count). The van der Waals surface area contributed by atoms with E-state index >= 15 is 0 Å². The molecular weight excluding hydrogens is 633 g/mol. The summed E-state index contributed by atoms with van der Waals surface area (Å²) in [4.78, 5) is 27.8. The number of unbranched alkanes of at least 4 members (excludes halogenated alkanes) is 2. The number of esters is 1. The quantitative estimate of drug-likeness (QED) is 0.102. The summed E-state index contributed by atoms with van der Waals surface area (Å²) in [6, 6.07) is 15.0. The average Bonchev–Trinajstić information content (AvgIpc) is 3.42. The first-order valence-electron chi connectivity index (χ1n) is 17.9. The van der Waals surface area contributed by atoms with E-state index in [2.05, 4.69) is 61.2 Å². The minimum absolute atomic E-state index is 0.146. The molecule has 0 spiro atoms. The van der Waals surface area contributed by atoms with Crippen LogP contribution in [0, 0.1) is 23.2 Å². The number of alkyl halides is 2. The standard InChI is InChI=1S/C39H53Cl2NO5/c1-3-4-5-25-46-30-14-16-31-28(26-30)11-15-33-32(31)19-20-39(2)34(33)17-18-35(39)37(38(44)45)47-36(43)8-6-7-27-9-12-29(13-10-27)42(23-21-40)24-22-41/h9-10,12-14,16,26,32-35,37H,3-8,11,15,17-25H2,1-2H3,(H,44,45)/t32-,33-,34+,35-,37?,39+/m1/s1. The number of nitrogens with zero attached hydrogens (tertiary/aromatic N) is 1. The number of ether oxygens (including phenoxy) is 2. The first kappa shape index (κ1) is 35.9. The van der Waals surface area contributed by atoms with Crippen molar-refractivity contribution >= 4 is 40.8 Å². The molecule has 3 aliphatic carbocycles. The van der Waals surface area contributed by atoms with Crippen molar-refractivity contribution in [2.75, 3.05) is 36.4 Å². The number of fused-ring (bicyclic) bond motifs is 5. The predicted octanol–water partition coefficient (Wildman–Crippen LogP) is 9.03. The van der Waals surface area contributed by atoms with Crippen LogP contribution in [0.5, 0.6) is 5.75 Å². The Morgan fingerprint density at radius 3 is 2.47 bits per heavy atom. The summed E-state index contributed by atoms with van der Waals surface area (Å²) in [5.41, 5.74) is 4.94. The number of halogens is 2. The molecule has 0 amide bonds. The number of carboxylic acids is 1. The molecule has 6 atom stereocenters. The number of aryl methyl sites for hydroxylation is 2. The molecule has 0 bridgehead atoms. The van der Waals surface area contributed by atoms with Gasteiger partial charge in [0, 0.05) is 42.9 Å². The number of aliphatic carboxylic acids is 1. The number of rotatable bonds is 17. The van der Waals surface area contributed by atoms with Crippen molar-refractivity contribution in [3.8, 4) is 5.75 Å². The van der Waals surface area contributed by atoms with Gasteiger partial charge in [0.1, 0.15) is 5.75 Å². The molecular formula is C39H53Cl2NO5. The molecule has 3 aliphatic rings. The number of carbonyl (C=O) groups is 2. The van der Waals surface area contributed by atoms with Crippen LogP contribution in [-0.2, 0) is 27.2 Å². The van der Waals surface area contributed by atoms with Gasteiger partial charge < -0.3 is 19.5 Å². The summed E-state index contributed by atoms with van der Waals surface area (Å²) in [5, 5.41) is 10.3. The summed E-state index contributed by atoms with van der Waals surface area (Å²) in [5.74, 6) is 1.95. The molecule has 6 nitrogen and oxygen atoms in total. The highest BCUT2D eigenvalue weighted by atomic mass is 35.5. The van der Waals surface area contributed by atoms with E-state index in [4.69, 9.17) is 32.7 Å². The van der Waals surface area contributed by atoms with Gasteiger partial charge in [0.05, 0.1) is 6.61 Å². The third-order valence-electron chi connectivity index (χ3n) is 11.5. The van der Waals surface area contributed by atoms with Gasteiger partial charge in [-0.15, -0.1) is 23.2 Å². The number of carbonyl (C=O) groups excluding carboxylic acids is 1. The minimum atomic E-state index is -1.09. The van der Waals surface area contributed by atoms with Gasteiger partial charge in [-0.3, -0.25) is 4.79 Å². The van der Waals surface area contributed by atoms with Gasteiger partial charge in [-0.2, -0.15) is 0 Å². The Labute approximate surface area is 291 Å². The fraction of sp³-hybridized carbons (Fsp3) is 0.641. The van der Waals surface area contributed by atoms with E-state index in [9.17, 15) is 14.7 Å². The largest absolute Gasteiger partial charge is 0.494 e. The first-order chi connectivity index (χ1) is 22.8. The summed E-state index contributed by atoms with van der Waals surface area (Å²) in [6.07, 6.45) is 9.88. The lowest BCUT2D eigenvalue weighted by molar-refractivity contribution is -0.172. The fourth-order valence-electron chi connectivity index (χ4n) is 9.12. The van der Waals surface area contributed by atoms with Crippen LogP contribution in [0.1, 0.15) is 101 Å². The molecule has 1 N–H and O–H groups in total. The second kappa shape index (κ2) is 16.8. The summed E-state index contributed by atoms with van der Waals surface area (Å²) >= 11 is 11.9. The molecule has 2 aromatic carbocycles. The van der Waals surface area contributed by atoms with E-state index < -0.39 is 18.0 Å². The Kier molecular flexibility index (Phi) is 12.8. The number of carboxylic acid groups (broad SMARTS) is 1. The number of anilines is 1. The van der Waals surface area contributed by atoms with Crippen molar-refractivity contribution < 1.29 is 24.2 Å². The topological polar surface area (TPSA) is 76.1 Å². The van der Waals surface area contributed by atoms with Crippen LogP contribution in [0.2, 0.25) is 0 Å². The van der Waals surface area contributed by atoms with Crippen LogP contribution >= 0.6 is 23.2 Å². The van der Waals surface area contributed by atoms with Crippen molar-refractivity contribution in [1.82, 2.24) is 0 Å². The van der Waals surface area contributed by atoms with E-state index in [1.54, 1.807) is 0 Å². The van der Waals surface area contributed by atoms with Gasteiger partial charge in [0.25, 0.3) is 0 Å². The molecule has 0 aromatic heterocycles. The Morgan fingerprint density at radius 2 is 1.77 bits per heavy atom. The van der Waals surface area contributed by atoms with Crippen molar-refractivity contribution in [2.24, 2.45) is 23.2 Å². The molecule has 0 radical (unpaired) electrons. The minimum Gasteiger partial charge on any atom is -0.494 e. The Bertz CT molecular complexity index is 1330. The highest BCUT2D eigenvalue weighted by molar-refractivity contribution is 6.18. The van der Waals surface area contributed by atoms with Gasteiger partial charge >= 0.3 is 11.9 Å². The van der Waals surface area contributed by atoms with Gasteiger partial charge in [0.2, 0.25) is 6.10 Å². The Hall–Kier alpha value is -2.44. The van der Waals surface area contributed by atoms with Gasteiger partial charge in [-0.1, -0.05) is 44.9 Å². The van der Waals surface area contributed by atoms with E-state index in [1.165, 1.54) is 24.0 Å². The Morgan fingerprint density at radius 1 is 1.00 bits per heavy atom. The van der Waals surface area contributed by atoms with Gasteiger partial charge in [-0.25, -0.2) is 4.79 Å². The third-order valence-corrected chi connectivity index (χ3v) is 11.9. The van der Waals surface area contributed by atoms with Crippen molar-refractivity contribution in [2.45, 2.75) is 103 Å². The van der Waals surface area contributed by atoms with Gasteiger partial charge in [-0.05, 0) is 122 Å². The third kappa shape index (κ3) is 8.41. The molecule has 2 aromatic rings. The van der Waals surface area contributed by atoms with E-state index in [0.717, 1.165) is 88.1 Å². The fourth-order valence-corrected chi connectivity index (χ4v) is 9.53. The van der Waals surface area contributed by atoms with E-state index in [0.29, 0.717) is 35.9 Å². The molecule has 0 saturated heterocycles. The second-order valence-corrected chi connectivity index (χ2v) is 14.9. The van der Waals surface area contributed by atoms with Crippen LogP contribution in [0.25, 0.3) is 0 Å². The molecule has 2 saturated carbocycles. The first-order valence-corrected chi connectivity index (χ1v) is 19.0. The normalized spacial score (nSPS) is 25.3. The van der Waals surface area contributed by atoms with Crippen LogP contribution in [-0.4, -0.2) is 54.6 Å². The zero-order valence-corrected chi connectivity index (χ0v) is 29.7. The Balaban J connectivity index is 1.16. The van der Waals surface area contributed by atoms with Crippen molar-refractivity contribution in [3.05, 3.63) is 59.2 Å². The van der Waals surface area contributed by atoms with Crippen LogP contribution in [0.15, 0.2) is 42.5 Å². The SMILES string of the molecule is CCCCCOc1ccc2c(c1)CC[C@@H]1[C@@H]2CC[C@]2(C)[C@@H](C(OC(=O)CCCc3ccc(N(CCCl)CCCl)cc3)C(=O)O)CC[C@@H]12. The molecule has 0 heterocycles. The number of benzene rings is 2. The maximum Gasteiger partial charge on any atom is 0.345 e. The van der Waals surface area contributed by atoms with Crippen LogP contribution in [0.3, 0.4) is 0 Å². The average molecular weight is 687 g/mol. The molecule has 47 heavy (non-hydrogen) atoms. The molecule has 8 heteroatoms. The smallest absolute Gasteiger partial charge is 0.345 e. The summed E-state index contributed by atoms with van der Waals surface area (Å²) in [6.45, 7) is 6.72. The zero-order valence-electron chi connectivity index (χ0n) is 28.2. The lowest BCUT2D eigenvalue weighted by atomic mass is 9.53. The highest BCUT2D eigenvalue weighted by Crippen LogP contribution is 2.64. The maximum atomic E-state index is 13.0. The van der Waals surface area contributed by atoms with E-state index in [1.807, 2.05) is 0 Å². The lowest BCUT2D eigenvalue weighted by Gasteiger charge is -2.51. The molecule has 0 aliphatic heterocycles.